The Labute approximate surface area is 176 Å². The summed E-state index contributed by atoms with van der Waals surface area (Å²) < 4.78 is 26.0. The molecule has 0 amide bonds. The van der Waals surface area contributed by atoms with E-state index in [1.807, 2.05) is 66.5 Å². The Morgan fingerprint density at radius 1 is 0.900 bits per heavy atom. The average Bonchev–Trinajstić information content (AvgIpc) is 3.20. The average molecular weight is 419 g/mol. The number of rotatable bonds is 6. The van der Waals surface area contributed by atoms with Crippen LogP contribution in [0.4, 0.5) is 5.82 Å². The van der Waals surface area contributed by atoms with Gasteiger partial charge in [-0.05, 0) is 17.7 Å². The van der Waals surface area contributed by atoms with Gasteiger partial charge in [0.05, 0.1) is 11.4 Å². The summed E-state index contributed by atoms with van der Waals surface area (Å²) in [4.78, 5) is 2.06. The fourth-order valence-corrected chi connectivity index (χ4v) is 4.08. The lowest BCUT2D eigenvalue weighted by molar-refractivity contribution is 0.596. The van der Waals surface area contributed by atoms with Crippen molar-refractivity contribution in [3.63, 3.8) is 0 Å². The molecular formula is C23H22N4O2S. The first-order chi connectivity index (χ1) is 14.4. The van der Waals surface area contributed by atoms with E-state index in [1.54, 1.807) is 22.9 Å². The van der Waals surface area contributed by atoms with Gasteiger partial charge in [-0.3, -0.25) is 0 Å². The number of nitrogens with two attached hydrogens (primary N) is 1. The highest BCUT2D eigenvalue weighted by Crippen LogP contribution is 2.30. The minimum atomic E-state index is -3.91. The lowest BCUT2D eigenvalue weighted by Crippen LogP contribution is -2.18. The van der Waals surface area contributed by atoms with Gasteiger partial charge in [-0.25, -0.2) is 18.2 Å². The Kier molecular flexibility index (Phi) is 5.39. The molecule has 30 heavy (non-hydrogen) atoms. The number of aromatic nitrogens is 2. The summed E-state index contributed by atoms with van der Waals surface area (Å²) in [5.41, 5.74) is 3.27. The first-order valence-corrected chi connectivity index (χ1v) is 11.0. The van der Waals surface area contributed by atoms with E-state index in [0.717, 1.165) is 22.6 Å². The molecule has 0 saturated heterocycles. The molecule has 0 radical (unpaired) electrons. The van der Waals surface area contributed by atoms with Crippen molar-refractivity contribution in [3.8, 4) is 16.9 Å². The second-order valence-electron chi connectivity index (χ2n) is 7.02. The minimum Gasteiger partial charge on any atom is -0.354 e. The van der Waals surface area contributed by atoms with Gasteiger partial charge in [0.1, 0.15) is 4.90 Å². The van der Waals surface area contributed by atoms with E-state index in [0.29, 0.717) is 12.2 Å². The number of benzene rings is 3. The second-order valence-corrected chi connectivity index (χ2v) is 8.55. The lowest BCUT2D eigenvalue weighted by Gasteiger charge is -2.16. The molecule has 3 aromatic carbocycles. The molecule has 7 heteroatoms. The topological polar surface area (TPSA) is 81.2 Å². The molecule has 2 N–H and O–H groups in total. The van der Waals surface area contributed by atoms with Crippen molar-refractivity contribution >= 4 is 15.8 Å². The highest BCUT2D eigenvalue weighted by atomic mass is 32.2. The second kappa shape index (κ2) is 8.14. The van der Waals surface area contributed by atoms with Crippen molar-refractivity contribution in [2.24, 2.45) is 5.14 Å². The summed E-state index contributed by atoms with van der Waals surface area (Å²) in [5.74, 6) is 0.724. The Hall–Kier alpha value is -3.42. The molecule has 1 heterocycles. The van der Waals surface area contributed by atoms with Gasteiger partial charge in [-0.2, -0.15) is 0 Å². The van der Waals surface area contributed by atoms with Gasteiger partial charge in [0, 0.05) is 25.2 Å². The molecule has 0 bridgehead atoms. The third-order valence-corrected chi connectivity index (χ3v) is 5.78. The molecule has 6 nitrogen and oxygen atoms in total. The summed E-state index contributed by atoms with van der Waals surface area (Å²) in [6.07, 6.45) is 0. The van der Waals surface area contributed by atoms with Gasteiger partial charge in [0.2, 0.25) is 10.0 Å². The zero-order valence-corrected chi connectivity index (χ0v) is 17.3. The van der Waals surface area contributed by atoms with Crippen molar-refractivity contribution in [3.05, 3.63) is 96.6 Å². The number of nitrogens with zero attached hydrogens (tertiary/aromatic N) is 3. The molecule has 0 atom stereocenters. The van der Waals surface area contributed by atoms with Crippen LogP contribution in [0, 0.1) is 0 Å². The van der Waals surface area contributed by atoms with Gasteiger partial charge in [-0.15, -0.1) is 5.10 Å². The maximum atomic E-state index is 12.2. The van der Waals surface area contributed by atoms with Crippen LogP contribution >= 0.6 is 0 Å². The monoisotopic (exact) mass is 418 g/mol. The largest absolute Gasteiger partial charge is 0.354 e. The van der Waals surface area contributed by atoms with Crippen LogP contribution in [0.15, 0.2) is 95.9 Å². The highest BCUT2D eigenvalue weighted by Gasteiger charge is 2.20. The molecule has 0 unspecified atom stereocenters. The normalized spacial score (nSPS) is 11.4. The summed E-state index contributed by atoms with van der Waals surface area (Å²) in [6, 6.07) is 28.4. The zero-order valence-electron chi connectivity index (χ0n) is 16.5. The van der Waals surface area contributed by atoms with Crippen molar-refractivity contribution in [1.82, 2.24) is 9.78 Å². The van der Waals surface area contributed by atoms with Crippen LogP contribution in [0.1, 0.15) is 5.56 Å². The maximum absolute atomic E-state index is 12.2. The Bertz CT molecular complexity index is 1250. The van der Waals surface area contributed by atoms with Gasteiger partial charge < -0.3 is 4.90 Å². The summed E-state index contributed by atoms with van der Waals surface area (Å²) >= 11 is 0. The third kappa shape index (κ3) is 4.12. The van der Waals surface area contributed by atoms with Crippen LogP contribution < -0.4 is 10.0 Å². The molecule has 0 aliphatic rings. The number of para-hydroxylation sites is 1. The van der Waals surface area contributed by atoms with Gasteiger partial charge in [-0.1, -0.05) is 72.8 Å². The molecule has 0 aliphatic carbocycles. The first kappa shape index (κ1) is 19.9. The van der Waals surface area contributed by atoms with E-state index < -0.39 is 10.0 Å². The van der Waals surface area contributed by atoms with Crippen LogP contribution in [0.3, 0.4) is 0 Å². The summed E-state index contributed by atoms with van der Waals surface area (Å²) in [5, 5.41) is 10.2. The van der Waals surface area contributed by atoms with Crippen molar-refractivity contribution in [1.29, 1.82) is 0 Å². The Morgan fingerprint density at radius 3 is 2.17 bits per heavy atom. The predicted octanol–water partition coefficient (Wildman–Crippen LogP) is 3.82. The van der Waals surface area contributed by atoms with Crippen LogP contribution in [0.2, 0.25) is 0 Å². The maximum Gasteiger partial charge on any atom is 0.240 e. The predicted molar refractivity (Wildman–Crippen MR) is 119 cm³/mol. The van der Waals surface area contributed by atoms with Gasteiger partial charge >= 0.3 is 0 Å². The van der Waals surface area contributed by atoms with Crippen LogP contribution in [-0.2, 0) is 16.6 Å². The van der Waals surface area contributed by atoms with Crippen LogP contribution in [0.5, 0.6) is 0 Å². The van der Waals surface area contributed by atoms with Crippen LogP contribution in [0.25, 0.3) is 16.9 Å². The standard InChI is InChI=1S/C23H22N4O2S/c1-26(17-18-10-4-2-5-11-18)23-16-21(19-12-6-3-7-13-19)27(25-23)20-14-8-9-15-22(20)30(24,28)29/h2-16H,17H2,1H3,(H2,24,28,29). The number of hydrogen-bond acceptors (Lipinski definition) is 4. The van der Waals surface area contributed by atoms with E-state index in [-0.39, 0.29) is 4.90 Å². The zero-order chi connectivity index (χ0) is 21.1. The molecule has 4 aromatic rings. The Morgan fingerprint density at radius 2 is 1.50 bits per heavy atom. The van der Waals surface area contributed by atoms with Crippen molar-refractivity contribution in [2.75, 3.05) is 11.9 Å². The van der Waals surface area contributed by atoms with Crippen molar-refractivity contribution in [2.45, 2.75) is 11.4 Å². The molecule has 0 spiro atoms. The van der Waals surface area contributed by atoms with Crippen LogP contribution in [-0.4, -0.2) is 25.2 Å². The Balaban J connectivity index is 1.84. The van der Waals surface area contributed by atoms with Crippen molar-refractivity contribution < 1.29 is 8.42 Å². The molecule has 152 valence electrons. The SMILES string of the molecule is CN(Cc1ccccc1)c1cc(-c2ccccc2)n(-c2ccccc2S(N)(=O)=O)n1. The molecule has 1 aromatic heterocycles. The number of hydrogen-bond donors (Lipinski definition) is 1. The van der Waals surface area contributed by atoms with Gasteiger partial charge in [0.15, 0.2) is 5.82 Å². The molecule has 0 aliphatic heterocycles. The molecule has 0 fully saturated rings. The fraction of sp³-hybridized carbons (Fsp3) is 0.0870. The number of sulfonamides is 1. The smallest absolute Gasteiger partial charge is 0.240 e. The van der Waals surface area contributed by atoms with E-state index in [1.165, 1.54) is 6.07 Å². The fourth-order valence-electron chi connectivity index (χ4n) is 3.36. The van der Waals surface area contributed by atoms with Gasteiger partial charge in [0.25, 0.3) is 0 Å². The van der Waals surface area contributed by atoms with E-state index >= 15 is 0 Å². The quantitative estimate of drug-likeness (QED) is 0.516. The minimum absolute atomic E-state index is 0.0301. The van der Waals surface area contributed by atoms with E-state index in [9.17, 15) is 8.42 Å². The van der Waals surface area contributed by atoms with E-state index in [4.69, 9.17) is 10.2 Å². The van der Waals surface area contributed by atoms with E-state index in [2.05, 4.69) is 12.1 Å². The number of primary sulfonamides is 1. The first-order valence-electron chi connectivity index (χ1n) is 9.46. The summed E-state index contributed by atoms with van der Waals surface area (Å²) in [7, 11) is -1.96. The number of anilines is 1. The molecule has 0 saturated carbocycles. The molecule has 4 rings (SSSR count). The molecular weight excluding hydrogens is 396 g/mol. The lowest BCUT2D eigenvalue weighted by atomic mass is 10.1. The highest BCUT2D eigenvalue weighted by molar-refractivity contribution is 7.89. The third-order valence-electron chi connectivity index (χ3n) is 4.82. The summed E-state index contributed by atoms with van der Waals surface area (Å²) in [6.45, 7) is 0.670.